The number of amides is 1. The zero-order valence-electron chi connectivity index (χ0n) is 19.5. The first-order valence-corrected chi connectivity index (χ1v) is 12.2. The first kappa shape index (κ1) is 25.2. The summed E-state index contributed by atoms with van der Waals surface area (Å²) in [5.74, 6) is 1.21. The Kier molecular flexibility index (Phi) is 7.87. The minimum absolute atomic E-state index is 0.00808. The molecule has 3 aromatic rings. The third kappa shape index (κ3) is 5.34. The Morgan fingerprint density at radius 1 is 1.03 bits per heavy atom. The molecule has 0 bridgehead atoms. The van der Waals surface area contributed by atoms with Crippen LogP contribution < -0.4 is 19.1 Å². The van der Waals surface area contributed by atoms with Gasteiger partial charge in [-0.25, -0.2) is 0 Å². The van der Waals surface area contributed by atoms with Crippen molar-refractivity contribution in [1.82, 2.24) is 0 Å². The number of benzene rings is 3. The van der Waals surface area contributed by atoms with Crippen LogP contribution in [0, 0.1) is 10.1 Å². The Morgan fingerprint density at radius 3 is 2.53 bits per heavy atom. The fraction of sp³-hybridized carbons (Fsp3) is 0.154. The number of carbonyl (C=O) groups excluding carboxylic acids is 1. The number of hydrogen-bond donors (Lipinski definition) is 0. The van der Waals surface area contributed by atoms with E-state index in [9.17, 15) is 14.9 Å². The normalized spacial score (nSPS) is 14.3. The third-order valence-corrected chi connectivity index (χ3v) is 6.56. The number of anilines is 1. The van der Waals surface area contributed by atoms with Crippen molar-refractivity contribution in [1.29, 1.82) is 0 Å². The molecule has 0 unspecified atom stereocenters. The molecule has 1 saturated heterocycles. The van der Waals surface area contributed by atoms with Crippen LogP contribution in [-0.2, 0) is 11.4 Å². The molecule has 0 aliphatic carbocycles. The van der Waals surface area contributed by atoms with Crippen LogP contribution in [0.4, 0.5) is 11.4 Å². The van der Waals surface area contributed by atoms with Gasteiger partial charge >= 0.3 is 0 Å². The highest BCUT2D eigenvalue weighted by atomic mass is 32.2. The summed E-state index contributed by atoms with van der Waals surface area (Å²) in [4.78, 5) is 26.0. The van der Waals surface area contributed by atoms with Crippen molar-refractivity contribution in [2.75, 3.05) is 18.6 Å². The van der Waals surface area contributed by atoms with Gasteiger partial charge in [0.25, 0.3) is 11.6 Å². The molecule has 3 aromatic carbocycles. The lowest BCUT2D eigenvalue weighted by atomic mass is 10.1. The van der Waals surface area contributed by atoms with Gasteiger partial charge in [0.2, 0.25) is 0 Å². The number of thiocarbonyl (C=S) groups is 1. The van der Waals surface area contributed by atoms with Crippen LogP contribution >= 0.6 is 24.0 Å². The molecule has 1 heterocycles. The van der Waals surface area contributed by atoms with Crippen LogP contribution in [0.15, 0.2) is 71.6 Å². The highest BCUT2D eigenvalue weighted by Crippen LogP contribution is 2.40. The van der Waals surface area contributed by atoms with Crippen molar-refractivity contribution in [3.05, 3.63) is 92.9 Å². The van der Waals surface area contributed by atoms with Crippen molar-refractivity contribution < 1.29 is 23.9 Å². The van der Waals surface area contributed by atoms with Gasteiger partial charge in [0.15, 0.2) is 15.8 Å². The number of para-hydroxylation sites is 3. The molecule has 0 spiro atoms. The molecular formula is C26H22N2O6S2. The van der Waals surface area contributed by atoms with E-state index in [-0.39, 0.29) is 18.2 Å². The molecule has 184 valence electrons. The average Bonchev–Trinajstić information content (AvgIpc) is 3.16. The molecule has 1 fully saturated rings. The minimum atomic E-state index is -0.438. The summed E-state index contributed by atoms with van der Waals surface area (Å²) in [6, 6.07) is 18.9. The Balaban J connectivity index is 1.58. The molecule has 0 radical (unpaired) electrons. The van der Waals surface area contributed by atoms with Crippen LogP contribution in [0.5, 0.6) is 17.2 Å². The van der Waals surface area contributed by atoms with Crippen molar-refractivity contribution in [2.45, 2.75) is 13.5 Å². The monoisotopic (exact) mass is 522 g/mol. The second-order valence-corrected chi connectivity index (χ2v) is 9.18. The van der Waals surface area contributed by atoms with Crippen molar-refractivity contribution in [3.8, 4) is 17.2 Å². The summed E-state index contributed by atoms with van der Waals surface area (Å²) in [7, 11) is 1.54. The number of thioether (sulfide) groups is 1. The minimum Gasteiger partial charge on any atom is -0.495 e. The van der Waals surface area contributed by atoms with Gasteiger partial charge in [0, 0.05) is 6.07 Å². The van der Waals surface area contributed by atoms with Crippen molar-refractivity contribution in [2.24, 2.45) is 0 Å². The first-order chi connectivity index (χ1) is 17.4. The fourth-order valence-electron chi connectivity index (χ4n) is 3.61. The SMILES string of the molecule is CCOc1cc(/C=C2/SC(=S)N(c3ccccc3OC)C2=O)ccc1OCc1ccccc1[N+](=O)[O-]. The van der Waals surface area contributed by atoms with E-state index in [1.54, 1.807) is 61.7 Å². The average molecular weight is 523 g/mol. The van der Waals surface area contributed by atoms with Gasteiger partial charge in [-0.2, -0.15) is 0 Å². The largest absolute Gasteiger partial charge is 0.495 e. The highest BCUT2D eigenvalue weighted by molar-refractivity contribution is 8.27. The van der Waals surface area contributed by atoms with E-state index in [1.165, 1.54) is 22.7 Å². The molecule has 0 saturated carbocycles. The summed E-state index contributed by atoms with van der Waals surface area (Å²) < 4.78 is 17.4. The van der Waals surface area contributed by atoms with Crippen LogP contribution in [0.25, 0.3) is 6.08 Å². The molecule has 4 rings (SSSR count). The van der Waals surface area contributed by atoms with E-state index in [2.05, 4.69) is 0 Å². The second kappa shape index (κ2) is 11.2. The lowest BCUT2D eigenvalue weighted by molar-refractivity contribution is -0.385. The predicted octanol–water partition coefficient (Wildman–Crippen LogP) is 5.99. The van der Waals surface area contributed by atoms with Gasteiger partial charge in [0.1, 0.15) is 12.4 Å². The number of nitro groups is 1. The van der Waals surface area contributed by atoms with Gasteiger partial charge in [0.05, 0.1) is 34.8 Å². The Labute approximate surface area is 217 Å². The van der Waals surface area contributed by atoms with E-state index >= 15 is 0 Å². The van der Waals surface area contributed by atoms with E-state index in [0.717, 1.165) is 5.56 Å². The smallest absolute Gasteiger partial charge is 0.276 e. The van der Waals surface area contributed by atoms with Crippen LogP contribution in [0.1, 0.15) is 18.1 Å². The molecule has 0 aromatic heterocycles. The number of rotatable bonds is 9. The fourth-order valence-corrected chi connectivity index (χ4v) is 4.89. The molecule has 0 N–H and O–H groups in total. The number of hydrogen-bond acceptors (Lipinski definition) is 8. The molecular weight excluding hydrogens is 500 g/mol. The standard InChI is InChI=1S/C26H22N2O6S2/c1-3-33-23-14-17(12-13-22(23)34-16-18-8-4-5-9-19(18)28(30)31)15-24-25(29)27(26(35)36-24)20-10-6-7-11-21(20)32-2/h4-15H,3,16H2,1-2H3/b24-15+. The van der Waals surface area contributed by atoms with Gasteiger partial charge in [-0.15, -0.1) is 0 Å². The van der Waals surface area contributed by atoms with Gasteiger partial charge < -0.3 is 14.2 Å². The molecule has 10 heteroatoms. The lowest BCUT2D eigenvalue weighted by Crippen LogP contribution is -2.27. The van der Waals surface area contributed by atoms with Gasteiger partial charge in [-0.1, -0.05) is 54.3 Å². The number of carbonyl (C=O) groups is 1. The summed E-state index contributed by atoms with van der Waals surface area (Å²) in [5, 5.41) is 11.3. The Morgan fingerprint density at radius 2 is 1.78 bits per heavy atom. The summed E-state index contributed by atoms with van der Waals surface area (Å²) in [5.41, 5.74) is 1.75. The maximum atomic E-state index is 13.2. The van der Waals surface area contributed by atoms with Crippen LogP contribution in [0.2, 0.25) is 0 Å². The van der Waals surface area contributed by atoms with Crippen LogP contribution in [-0.4, -0.2) is 28.9 Å². The quantitative estimate of drug-likeness (QED) is 0.147. The number of methoxy groups -OCH3 is 1. The van der Waals surface area contributed by atoms with Crippen molar-refractivity contribution in [3.63, 3.8) is 0 Å². The van der Waals surface area contributed by atoms with Crippen molar-refractivity contribution >= 4 is 51.7 Å². The predicted molar refractivity (Wildman–Crippen MR) is 144 cm³/mol. The zero-order chi connectivity index (χ0) is 25.7. The first-order valence-electron chi connectivity index (χ1n) is 11.0. The number of ether oxygens (including phenoxy) is 3. The number of nitro benzene ring substituents is 1. The van der Waals surface area contributed by atoms with E-state index in [0.29, 0.717) is 44.3 Å². The Bertz CT molecular complexity index is 1360. The highest BCUT2D eigenvalue weighted by Gasteiger charge is 2.34. The molecule has 8 nitrogen and oxygen atoms in total. The maximum Gasteiger partial charge on any atom is 0.276 e. The lowest BCUT2D eigenvalue weighted by Gasteiger charge is -2.17. The maximum absolute atomic E-state index is 13.2. The van der Waals surface area contributed by atoms with E-state index < -0.39 is 4.92 Å². The molecule has 1 aliphatic rings. The van der Waals surface area contributed by atoms with Gasteiger partial charge in [-0.05, 0) is 48.9 Å². The zero-order valence-corrected chi connectivity index (χ0v) is 21.1. The van der Waals surface area contributed by atoms with E-state index in [4.69, 9.17) is 26.4 Å². The van der Waals surface area contributed by atoms with E-state index in [1.807, 2.05) is 19.1 Å². The third-order valence-electron chi connectivity index (χ3n) is 5.26. The second-order valence-electron chi connectivity index (χ2n) is 7.50. The number of nitrogens with zero attached hydrogens (tertiary/aromatic N) is 2. The van der Waals surface area contributed by atoms with Gasteiger partial charge in [-0.3, -0.25) is 19.8 Å². The summed E-state index contributed by atoms with van der Waals surface area (Å²) in [6.07, 6.45) is 1.74. The Hall–Kier alpha value is -3.89. The molecule has 0 atom stereocenters. The molecule has 1 amide bonds. The molecule has 1 aliphatic heterocycles. The summed E-state index contributed by atoms with van der Waals surface area (Å²) in [6.45, 7) is 2.24. The summed E-state index contributed by atoms with van der Waals surface area (Å²) >= 11 is 6.68. The topological polar surface area (TPSA) is 91.1 Å². The molecule has 36 heavy (non-hydrogen) atoms. The van der Waals surface area contributed by atoms with Crippen LogP contribution in [0.3, 0.4) is 0 Å².